The van der Waals surface area contributed by atoms with Crippen molar-refractivity contribution in [2.75, 3.05) is 13.7 Å². The van der Waals surface area contributed by atoms with Crippen LogP contribution in [0.15, 0.2) is 58.4 Å². The molecular formula is C22H19N3O4S2. The number of hydrogen-bond donors (Lipinski definition) is 0. The zero-order valence-electron chi connectivity index (χ0n) is 16.9. The summed E-state index contributed by atoms with van der Waals surface area (Å²) in [4.78, 5) is 32.5. The number of nitrogens with zero attached hydrogens (tertiary/aromatic N) is 3. The van der Waals surface area contributed by atoms with Gasteiger partial charge in [0.1, 0.15) is 27.0 Å². The SMILES string of the molecule is CCCN1C(=O)C(=Cc2c(Oc3ccc(OC)cc3)nc3ccccn3c2=O)SC1=S. The lowest BCUT2D eigenvalue weighted by molar-refractivity contribution is -0.122. The summed E-state index contributed by atoms with van der Waals surface area (Å²) >= 11 is 6.50. The smallest absolute Gasteiger partial charge is 0.269 e. The molecule has 1 aliphatic rings. The Morgan fingerprint density at radius 1 is 1.13 bits per heavy atom. The van der Waals surface area contributed by atoms with E-state index in [0.717, 1.165) is 6.42 Å². The van der Waals surface area contributed by atoms with Crippen LogP contribution in [0.1, 0.15) is 18.9 Å². The first-order valence-corrected chi connectivity index (χ1v) is 10.8. The fourth-order valence-corrected chi connectivity index (χ4v) is 4.38. The van der Waals surface area contributed by atoms with Gasteiger partial charge in [-0.25, -0.2) is 0 Å². The highest BCUT2D eigenvalue weighted by Gasteiger charge is 2.32. The van der Waals surface area contributed by atoms with E-state index in [4.69, 9.17) is 21.7 Å². The number of aromatic nitrogens is 2. The molecule has 4 rings (SSSR count). The molecule has 7 nitrogen and oxygen atoms in total. The Labute approximate surface area is 188 Å². The number of carbonyl (C=O) groups excluding carboxylic acids is 1. The molecule has 1 fully saturated rings. The van der Waals surface area contributed by atoms with Crippen LogP contribution in [-0.2, 0) is 4.79 Å². The van der Waals surface area contributed by atoms with Crippen molar-refractivity contribution in [3.05, 3.63) is 69.5 Å². The average molecular weight is 454 g/mol. The molecule has 0 aliphatic carbocycles. The molecule has 3 heterocycles. The highest BCUT2D eigenvalue weighted by Crippen LogP contribution is 2.34. The van der Waals surface area contributed by atoms with Gasteiger partial charge in [0.2, 0.25) is 5.88 Å². The normalized spacial score (nSPS) is 15.2. The number of hydrogen-bond acceptors (Lipinski definition) is 7. The minimum atomic E-state index is -0.338. The molecule has 0 atom stereocenters. The number of fused-ring (bicyclic) bond motifs is 1. The number of ether oxygens (including phenoxy) is 2. The van der Waals surface area contributed by atoms with Crippen LogP contribution in [0.5, 0.6) is 17.4 Å². The zero-order valence-corrected chi connectivity index (χ0v) is 18.5. The number of rotatable bonds is 6. The summed E-state index contributed by atoms with van der Waals surface area (Å²) in [6, 6.07) is 12.2. The number of amides is 1. The Morgan fingerprint density at radius 3 is 2.58 bits per heavy atom. The summed E-state index contributed by atoms with van der Waals surface area (Å²) in [6.07, 6.45) is 3.93. The predicted molar refractivity (Wildman–Crippen MR) is 125 cm³/mol. The average Bonchev–Trinajstić information content (AvgIpc) is 3.04. The molecule has 0 radical (unpaired) electrons. The topological polar surface area (TPSA) is 73.1 Å². The minimum absolute atomic E-state index is 0.113. The van der Waals surface area contributed by atoms with E-state index in [1.165, 1.54) is 22.2 Å². The monoisotopic (exact) mass is 453 g/mol. The Morgan fingerprint density at radius 2 is 1.87 bits per heavy atom. The molecule has 31 heavy (non-hydrogen) atoms. The molecule has 0 N–H and O–H groups in total. The highest BCUT2D eigenvalue weighted by atomic mass is 32.2. The van der Waals surface area contributed by atoms with E-state index in [1.807, 2.05) is 6.92 Å². The summed E-state index contributed by atoms with van der Waals surface area (Å²) in [5.41, 5.74) is 0.276. The van der Waals surface area contributed by atoms with Crippen molar-refractivity contribution in [1.82, 2.24) is 14.3 Å². The maximum atomic E-state index is 13.2. The lowest BCUT2D eigenvalue weighted by Gasteiger charge is -2.12. The van der Waals surface area contributed by atoms with Crippen LogP contribution in [0, 0.1) is 0 Å². The molecular weight excluding hydrogens is 434 g/mol. The number of thioether (sulfide) groups is 1. The van der Waals surface area contributed by atoms with E-state index < -0.39 is 0 Å². The van der Waals surface area contributed by atoms with E-state index in [0.29, 0.717) is 32.9 Å². The van der Waals surface area contributed by atoms with E-state index in [-0.39, 0.29) is 22.9 Å². The summed E-state index contributed by atoms with van der Waals surface area (Å²) in [5.74, 6) is 1.06. The van der Waals surface area contributed by atoms with Crippen LogP contribution in [0.3, 0.4) is 0 Å². The quantitative estimate of drug-likeness (QED) is 0.411. The fourth-order valence-electron chi connectivity index (χ4n) is 3.09. The molecule has 0 unspecified atom stereocenters. The zero-order chi connectivity index (χ0) is 22.0. The standard InChI is InChI=1S/C22H19N3O4S2/c1-3-11-25-21(27)17(31-22(25)30)13-16-19(29-15-9-7-14(28-2)8-10-15)23-18-6-4-5-12-24(18)20(16)26/h4-10,12-13H,3,11H2,1-2H3. The molecule has 1 aromatic carbocycles. The first kappa shape index (κ1) is 21.1. The van der Waals surface area contributed by atoms with Gasteiger partial charge in [-0.3, -0.25) is 18.9 Å². The van der Waals surface area contributed by atoms with Crippen molar-refractivity contribution in [3.63, 3.8) is 0 Å². The minimum Gasteiger partial charge on any atom is -0.497 e. The molecule has 9 heteroatoms. The molecule has 3 aromatic rings. The van der Waals surface area contributed by atoms with E-state index in [1.54, 1.807) is 60.7 Å². The predicted octanol–water partition coefficient (Wildman–Crippen LogP) is 4.11. The third-order valence-electron chi connectivity index (χ3n) is 4.60. The number of carbonyl (C=O) groups is 1. The molecule has 1 aliphatic heterocycles. The van der Waals surface area contributed by atoms with Crippen molar-refractivity contribution in [2.45, 2.75) is 13.3 Å². The second kappa shape index (κ2) is 8.91. The van der Waals surface area contributed by atoms with Crippen LogP contribution < -0.4 is 15.0 Å². The van der Waals surface area contributed by atoms with Gasteiger partial charge in [-0.1, -0.05) is 37.0 Å². The van der Waals surface area contributed by atoms with Crippen LogP contribution in [0.25, 0.3) is 11.7 Å². The Bertz CT molecular complexity index is 1250. The maximum absolute atomic E-state index is 13.2. The second-order valence-corrected chi connectivity index (χ2v) is 8.35. The van der Waals surface area contributed by atoms with E-state index in [2.05, 4.69) is 4.98 Å². The van der Waals surface area contributed by atoms with Gasteiger partial charge in [0.15, 0.2) is 0 Å². The first-order valence-electron chi connectivity index (χ1n) is 9.60. The van der Waals surface area contributed by atoms with Gasteiger partial charge in [-0.05, 0) is 48.9 Å². The van der Waals surface area contributed by atoms with Gasteiger partial charge in [-0.2, -0.15) is 4.98 Å². The fraction of sp³-hybridized carbons (Fsp3) is 0.182. The van der Waals surface area contributed by atoms with Crippen molar-refractivity contribution in [3.8, 4) is 17.4 Å². The molecule has 0 saturated carbocycles. The molecule has 0 bridgehead atoms. The van der Waals surface area contributed by atoms with Gasteiger partial charge < -0.3 is 9.47 Å². The number of thiocarbonyl (C=S) groups is 1. The number of benzene rings is 1. The van der Waals surface area contributed by atoms with Crippen LogP contribution in [-0.4, -0.2) is 38.2 Å². The Balaban J connectivity index is 1.82. The Hall–Kier alpha value is -3.17. The number of methoxy groups -OCH3 is 1. The van der Waals surface area contributed by atoms with Gasteiger partial charge in [0, 0.05) is 12.7 Å². The highest BCUT2D eigenvalue weighted by molar-refractivity contribution is 8.26. The molecule has 0 spiro atoms. The van der Waals surface area contributed by atoms with Gasteiger partial charge in [-0.15, -0.1) is 0 Å². The van der Waals surface area contributed by atoms with Crippen molar-refractivity contribution < 1.29 is 14.3 Å². The molecule has 1 saturated heterocycles. The van der Waals surface area contributed by atoms with Gasteiger partial charge in [0.05, 0.1) is 12.0 Å². The third-order valence-corrected chi connectivity index (χ3v) is 5.98. The van der Waals surface area contributed by atoms with E-state index in [9.17, 15) is 9.59 Å². The van der Waals surface area contributed by atoms with Crippen LogP contribution >= 0.6 is 24.0 Å². The third kappa shape index (κ3) is 4.19. The largest absolute Gasteiger partial charge is 0.497 e. The van der Waals surface area contributed by atoms with E-state index >= 15 is 0 Å². The molecule has 2 aromatic heterocycles. The summed E-state index contributed by atoms with van der Waals surface area (Å²) in [7, 11) is 1.58. The number of pyridine rings is 1. The summed E-state index contributed by atoms with van der Waals surface area (Å²) < 4.78 is 13.0. The maximum Gasteiger partial charge on any atom is 0.269 e. The van der Waals surface area contributed by atoms with Gasteiger partial charge >= 0.3 is 0 Å². The van der Waals surface area contributed by atoms with Gasteiger partial charge in [0.25, 0.3) is 11.5 Å². The summed E-state index contributed by atoms with van der Waals surface area (Å²) in [5, 5.41) is 0. The van der Waals surface area contributed by atoms with Crippen molar-refractivity contribution in [1.29, 1.82) is 0 Å². The lowest BCUT2D eigenvalue weighted by Crippen LogP contribution is -2.28. The van der Waals surface area contributed by atoms with Crippen molar-refractivity contribution >= 4 is 45.9 Å². The first-order chi connectivity index (χ1) is 15.0. The van der Waals surface area contributed by atoms with Crippen LogP contribution in [0.4, 0.5) is 0 Å². The van der Waals surface area contributed by atoms with Crippen LogP contribution in [0.2, 0.25) is 0 Å². The Kier molecular flexibility index (Phi) is 6.06. The van der Waals surface area contributed by atoms with Crippen molar-refractivity contribution in [2.24, 2.45) is 0 Å². The molecule has 1 amide bonds. The lowest BCUT2D eigenvalue weighted by atomic mass is 10.2. The molecule has 158 valence electrons. The summed E-state index contributed by atoms with van der Waals surface area (Å²) in [6.45, 7) is 2.51. The second-order valence-electron chi connectivity index (χ2n) is 6.68.